The molecule has 0 bridgehead atoms. The summed E-state index contributed by atoms with van der Waals surface area (Å²) < 4.78 is 12.1. The first-order valence-corrected chi connectivity index (χ1v) is 9.41. The highest BCUT2D eigenvalue weighted by atomic mass is 79.9. The summed E-state index contributed by atoms with van der Waals surface area (Å²) in [6.45, 7) is 3.00. The summed E-state index contributed by atoms with van der Waals surface area (Å²) in [4.78, 5) is 12.8. The van der Waals surface area contributed by atoms with E-state index in [0.717, 1.165) is 15.6 Å². The molecule has 7 heteroatoms. The van der Waals surface area contributed by atoms with Crippen LogP contribution in [0.4, 0.5) is 0 Å². The van der Waals surface area contributed by atoms with Crippen LogP contribution in [0, 0.1) is 0 Å². The van der Waals surface area contributed by atoms with Crippen LogP contribution in [0.15, 0.2) is 53.1 Å². The Labute approximate surface area is 165 Å². The van der Waals surface area contributed by atoms with Crippen molar-refractivity contribution in [2.45, 2.75) is 13.0 Å². The molecule has 1 aromatic heterocycles. The van der Waals surface area contributed by atoms with E-state index in [2.05, 4.69) is 31.4 Å². The average molecular weight is 428 g/mol. The summed E-state index contributed by atoms with van der Waals surface area (Å²) in [6, 6.07) is 13.2. The first kappa shape index (κ1) is 17.6. The number of H-pyrrole nitrogens is 1. The minimum atomic E-state index is -0.197. The number of aromatic nitrogens is 2. The summed E-state index contributed by atoms with van der Waals surface area (Å²) in [7, 11) is 0. The van der Waals surface area contributed by atoms with E-state index in [1.807, 2.05) is 49.4 Å². The zero-order chi connectivity index (χ0) is 18.8. The third kappa shape index (κ3) is 3.55. The molecule has 0 fully saturated rings. The first-order valence-electron chi connectivity index (χ1n) is 8.62. The molecule has 2 heterocycles. The smallest absolute Gasteiger partial charge is 0.255 e. The van der Waals surface area contributed by atoms with Gasteiger partial charge in [0.05, 0.1) is 23.5 Å². The first-order chi connectivity index (χ1) is 13.1. The normalized spacial score (nSPS) is 13.9. The Morgan fingerprint density at radius 2 is 1.96 bits per heavy atom. The number of hydrogen-bond donors (Lipinski definition) is 2. The molecule has 0 radical (unpaired) electrons. The van der Waals surface area contributed by atoms with E-state index in [-0.39, 0.29) is 11.9 Å². The standard InChI is InChI=1S/C20H18BrN3O3/c1-12(14-4-2-3-5-16(14)21)23-20(25)15-11-22-24-19(15)13-6-7-17-18(10-13)27-9-8-26-17/h2-7,10-12H,8-9H2,1H3,(H,22,24)(H,23,25). The van der Waals surface area contributed by atoms with Gasteiger partial charge in [0.1, 0.15) is 13.2 Å². The molecule has 0 saturated carbocycles. The van der Waals surface area contributed by atoms with Gasteiger partial charge in [-0.15, -0.1) is 0 Å². The predicted octanol–water partition coefficient (Wildman–Crippen LogP) is 4.10. The molecule has 138 valence electrons. The summed E-state index contributed by atoms with van der Waals surface area (Å²) in [5, 5.41) is 10.0. The summed E-state index contributed by atoms with van der Waals surface area (Å²) in [5.74, 6) is 1.18. The number of aromatic amines is 1. The second-order valence-electron chi connectivity index (χ2n) is 6.23. The predicted molar refractivity (Wildman–Crippen MR) is 105 cm³/mol. The van der Waals surface area contributed by atoms with Crippen molar-refractivity contribution < 1.29 is 14.3 Å². The molecule has 1 aliphatic rings. The van der Waals surface area contributed by atoms with Gasteiger partial charge >= 0.3 is 0 Å². The van der Waals surface area contributed by atoms with Crippen molar-refractivity contribution in [3.63, 3.8) is 0 Å². The number of amides is 1. The molecule has 0 aliphatic carbocycles. The van der Waals surface area contributed by atoms with Crippen molar-refractivity contribution in [2.24, 2.45) is 0 Å². The minimum Gasteiger partial charge on any atom is -0.486 e. The van der Waals surface area contributed by atoms with E-state index in [9.17, 15) is 4.79 Å². The molecule has 1 atom stereocenters. The van der Waals surface area contributed by atoms with E-state index in [4.69, 9.17) is 9.47 Å². The lowest BCUT2D eigenvalue weighted by Crippen LogP contribution is -2.27. The average Bonchev–Trinajstić information content (AvgIpc) is 3.18. The number of nitrogens with zero attached hydrogens (tertiary/aromatic N) is 1. The Morgan fingerprint density at radius 1 is 1.19 bits per heavy atom. The van der Waals surface area contributed by atoms with Crippen LogP contribution >= 0.6 is 15.9 Å². The van der Waals surface area contributed by atoms with Gasteiger partial charge in [0, 0.05) is 10.0 Å². The van der Waals surface area contributed by atoms with Gasteiger partial charge in [-0.25, -0.2) is 0 Å². The van der Waals surface area contributed by atoms with Gasteiger partial charge in [-0.05, 0) is 36.8 Å². The Hall–Kier alpha value is -2.80. The Bertz CT molecular complexity index is 986. The number of benzene rings is 2. The molecular weight excluding hydrogens is 410 g/mol. The van der Waals surface area contributed by atoms with Crippen molar-refractivity contribution in [2.75, 3.05) is 13.2 Å². The quantitative estimate of drug-likeness (QED) is 0.656. The highest BCUT2D eigenvalue weighted by Crippen LogP contribution is 2.35. The van der Waals surface area contributed by atoms with Crippen LogP contribution in [0.25, 0.3) is 11.3 Å². The molecule has 1 unspecified atom stereocenters. The monoisotopic (exact) mass is 427 g/mol. The second-order valence-corrected chi connectivity index (χ2v) is 7.09. The van der Waals surface area contributed by atoms with Gasteiger partial charge in [-0.1, -0.05) is 34.1 Å². The molecule has 2 aromatic carbocycles. The fraction of sp³-hybridized carbons (Fsp3) is 0.200. The third-order valence-electron chi connectivity index (χ3n) is 4.43. The number of carbonyl (C=O) groups is 1. The maximum absolute atomic E-state index is 12.8. The second kappa shape index (κ2) is 7.44. The zero-order valence-electron chi connectivity index (χ0n) is 14.7. The molecule has 2 N–H and O–H groups in total. The van der Waals surface area contributed by atoms with Crippen LogP contribution in [0.2, 0.25) is 0 Å². The Balaban J connectivity index is 1.58. The van der Waals surface area contributed by atoms with Crippen molar-refractivity contribution in [3.8, 4) is 22.8 Å². The molecule has 1 aliphatic heterocycles. The van der Waals surface area contributed by atoms with Crippen LogP contribution in [0.3, 0.4) is 0 Å². The van der Waals surface area contributed by atoms with Crippen LogP contribution in [0.1, 0.15) is 28.9 Å². The molecular formula is C20H18BrN3O3. The van der Waals surface area contributed by atoms with Gasteiger partial charge in [0.15, 0.2) is 11.5 Å². The van der Waals surface area contributed by atoms with Gasteiger partial charge < -0.3 is 14.8 Å². The summed E-state index contributed by atoms with van der Waals surface area (Å²) in [6.07, 6.45) is 1.54. The van der Waals surface area contributed by atoms with Crippen molar-refractivity contribution in [1.29, 1.82) is 0 Å². The number of carbonyl (C=O) groups excluding carboxylic acids is 1. The summed E-state index contributed by atoms with van der Waals surface area (Å²) in [5.41, 5.74) is 2.94. The SMILES string of the molecule is CC(NC(=O)c1cn[nH]c1-c1ccc2c(c1)OCCO2)c1ccccc1Br. The molecule has 1 amide bonds. The lowest BCUT2D eigenvalue weighted by Gasteiger charge is -2.19. The number of halogens is 1. The van der Waals surface area contributed by atoms with Crippen LogP contribution < -0.4 is 14.8 Å². The van der Waals surface area contributed by atoms with E-state index < -0.39 is 0 Å². The molecule has 27 heavy (non-hydrogen) atoms. The van der Waals surface area contributed by atoms with Crippen LogP contribution in [-0.4, -0.2) is 29.3 Å². The maximum Gasteiger partial charge on any atom is 0.255 e. The van der Waals surface area contributed by atoms with Crippen LogP contribution in [-0.2, 0) is 0 Å². The largest absolute Gasteiger partial charge is 0.486 e. The van der Waals surface area contributed by atoms with Crippen molar-refractivity contribution in [3.05, 3.63) is 64.3 Å². The van der Waals surface area contributed by atoms with Crippen molar-refractivity contribution in [1.82, 2.24) is 15.5 Å². The number of nitrogens with one attached hydrogen (secondary N) is 2. The topological polar surface area (TPSA) is 76.2 Å². The van der Waals surface area contributed by atoms with Gasteiger partial charge in [-0.3, -0.25) is 9.89 Å². The highest BCUT2D eigenvalue weighted by Gasteiger charge is 2.20. The van der Waals surface area contributed by atoms with Gasteiger partial charge in [-0.2, -0.15) is 5.10 Å². The van der Waals surface area contributed by atoms with Gasteiger partial charge in [0.2, 0.25) is 0 Å². The van der Waals surface area contributed by atoms with E-state index in [1.165, 1.54) is 6.20 Å². The molecule has 3 aromatic rings. The zero-order valence-corrected chi connectivity index (χ0v) is 16.2. The van der Waals surface area contributed by atoms with Crippen molar-refractivity contribution >= 4 is 21.8 Å². The maximum atomic E-state index is 12.8. The Kier molecular flexibility index (Phi) is 4.85. The van der Waals surface area contributed by atoms with E-state index in [0.29, 0.717) is 36.0 Å². The number of hydrogen-bond acceptors (Lipinski definition) is 4. The Morgan fingerprint density at radius 3 is 2.78 bits per heavy atom. The minimum absolute atomic E-state index is 0.156. The third-order valence-corrected chi connectivity index (χ3v) is 5.16. The lowest BCUT2D eigenvalue weighted by molar-refractivity contribution is 0.0940. The fourth-order valence-corrected chi connectivity index (χ4v) is 3.68. The molecule has 0 saturated heterocycles. The highest BCUT2D eigenvalue weighted by molar-refractivity contribution is 9.10. The number of rotatable bonds is 4. The number of fused-ring (bicyclic) bond motifs is 1. The van der Waals surface area contributed by atoms with Crippen LogP contribution in [0.5, 0.6) is 11.5 Å². The fourth-order valence-electron chi connectivity index (χ4n) is 3.06. The molecule has 6 nitrogen and oxygen atoms in total. The number of ether oxygens (including phenoxy) is 2. The molecule has 0 spiro atoms. The summed E-state index contributed by atoms with van der Waals surface area (Å²) >= 11 is 3.53. The van der Waals surface area contributed by atoms with E-state index in [1.54, 1.807) is 0 Å². The van der Waals surface area contributed by atoms with E-state index >= 15 is 0 Å². The van der Waals surface area contributed by atoms with Gasteiger partial charge in [0.25, 0.3) is 5.91 Å². The molecule has 4 rings (SSSR count). The lowest BCUT2D eigenvalue weighted by atomic mass is 10.1.